The Morgan fingerprint density at radius 3 is 2.60 bits per heavy atom. The molecular weight excluding hydrogens is 458 g/mol. The highest BCUT2D eigenvalue weighted by molar-refractivity contribution is 6.30. The first-order valence-electron chi connectivity index (χ1n) is 11.7. The van der Waals surface area contributed by atoms with Crippen LogP contribution in [0.1, 0.15) is 16.8 Å². The Hall–Kier alpha value is -3.67. The zero-order valence-corrected chi connectivity index (χ0v) is 20.0. The van der Waals surface area contributed by atoms with Gasteiger partial charge in [-0.25, -0.2) is 4.98 Å². The van der Waals surface area contributed by atoms with Crippen LogP contribution in [0.4, 0.5) is 0 Å². The number of pyridine rings is 1. The molecule has 0 spiro atoms. The minimum atomic E-state index is 0.0631. The number of para-hydroxylation sites is 1. The predicted octanol–water partition coefficient (Wildman–Crippen LogP) is 5.44. The van der Waals surface area contributed by atoms with Crippen molar-refractivity contribution < 1.29 is 9.53 Å². The number of nitrogens with zero attached hydrogens (tertiary/aromatic N) is 2. The van der Waals surface area contributed by atoms with E-state index in [0.717, 1.165) is 45.6 Å². The summed E-state index contributed by atoms with van der Waals surface area (Å²) in [5, 5.41) is 4.71. The second-order valence-electron chi connectivity index (χ2n) is 8.59. The van der Waals surface area contributed by atoms with Crippen LogP contribution < -0.4 is 10.1 Å². The summed E-state index contributed by atoms with van der Waals surface area (Å²) in [4.78, 5) is 18.7. The lowest BCUT2D eigenvalue weighted by Gasteiger charge is -2.27. The first-order chi connectivity index (χ1) is 17.1. The van der Waals surface area contributed by atoms with Crippen molar-refractivity contribution in [2.24, 2.45) is 0 Å². The Bertz CT molecular complexity index is 1350. The molecule has 4 aromatic rings. The molecule has 3 aromatic carbocycles. The van der Waals surface area contributed by atoms with E-state index >= 15 is 0 Å². The molecule has 1 aliphatic rings. The third-order valence-corrected chi connectivity index (χ3v) is 6.24. The first-order valence-corrected chi connectivity index (χ1v) is 12.0. The van der Waals surface area contributed by atoms with E-state index in [1.807, 2.05) is 60.7 Å². The smallest absolute Gasteiger partial charge is 0.234 e. The van der Waals surface area contributed by atoms with Crippen LogP contribution in [0.2, 0.25) is 5.02 Å². The number of nitrogens with one attached hydrogen (secondary N) is 1. The first kappa shape index (κ1) is 23.1. The SMILES string of the molecule is O=C1CN(CC(=Cc2ccc(Cl)cc2)c2ccc(OCc3ccc4ccccc4n3)cc2)CCN1. The van der Waals surface area contributed by atoms with Gasteiger partial charge in [0.15, 0.2) is 0 Å². The minimum Gasteiger partial charge on any atom is -0.487 e. The van der Waals surface area contributed by atoms with Crippen molar-refractivity contribution in [2.75, 3.05) is 26.2 Å². The lowest BCUT2D eigenvalue weighted by molar-refractivity contribution is -0.123. The van der Waals surface area contributed by atoms with Crippen LogP contribution in [-0.2, 0) is 11.4 Å². The number of carbonyl (C=O) groups excluding carboxylic acids is 1. The van der Waals surface area contributed by atoms with Crippen molar-refractivity contribution in [3.8, 4) is 5.75 Å². The van der Waals surface area contributed by atoms with Gasteiger partial charge in [-0.3, -0.25) is 9.69 Å². The fraction of sp³-hybridized carbons (Fsp3) is 0.172. The summed E-state index contributed by atoms with van der Waals surface area (Å²) in [5.41, 5.74) is 5.13. The summed E-state index contributed by atoms with van der Waals surface area (Å²) in [5.74, 6) is 0.847. The molecule has 5 nitrogen and oxygen atoms in total. The molecule has 5 rings (SSSR count). The normalized spacial score (nSPS) is 14.7. The maximum atomic E-state index is 11.9. The van der Waals surface area contributed by atoms with Gasteiger partial charge in [-0.15, -0.1) is 0 Å². The molecule has 0 bridgehead atoms. The van der Waals surface area contributed by atoms with Crippen LogP contribution in [0.3, 0.4) is 0 Å². The van der Waals surface area contributed by atoms with Crippen LogP contribution in [-0.4, -0.2) is 42.0 Å². The summed E-state index contributed by atoms with van der Waals surface area (Å²) < 4.78 is 6.01. The van der Waals surface area contributed by atoms with Crippen molar-refractivity contribution in [2.45, 2.75) is 6.61 Å². The Labute approximate surface area is 210 Å². The van der Waals surface area contributed by atoms with E-state index in [-0.39, 0.29) is 5.91 Å². The molecule has 1 aromatic heterocycles. The highest BCUT2D eigenvalue weighted by atomic mass is 35.5. The summed E-state index contributed by atoms with van der Waals surface area (Å²) >= 11 is 6.07. The number of aromatic nitrogens is 1. The quantitative estimate of drug-likeness (QED) is 0.356. The molecule has 2 heterocycles. The van der Waals surface area contributed by atoms with Crippen molar-refractivity contribution in [3.63, 3.8) is 0 Å². The average Bonchev–Trinajstić information content (AvgIpc) is 2.88. The number of amides is 1. The van der Waals surface area contributed by atoms with Gasteiger partial charge in [0.1, 0.15) is 12.4 Å². The molecule has 1 aliphatic heterocycles. The molecule has 0 unspecified atom stereocenters. The van der Waals surface area contributed by atoms with Gasteiger partial charge >= 0.3 is 0 Å². The third kappa shape index (κ3) is 6.07. The standard InChI is InChI=1S/C29H26ClN3O2/c30-25-10-5-21(6-11-25)17-24(18-33-16-15-31-29(34)19-33)22-8-13-27(14-9-22)35-20-26-12-7-23-3-1-2-4-28(23)32-26/h1-14,17H,15-16,18-20H2,(H,31,34). The molecule has 0 atom stereocenters. The van der Waals surface area contributed by atoms with Crippen LogP contribution >= 0.6 is 11.6 Å². The van der Waals surface area contributed by atoms with Crippen LogP contribution in [0.15, 0.2) is 84.9 Å². The molecule has 1 amide bonds. The van der Waals surface area contributed by atoms with E-state index < -0.39 is 0 Å². The van der Waals surface area contributed by atoms with Gasteiger partial charge in [0.05, 0.1) is 17.8 Å². The fourth-order valence-electron chi connectivity index (χ4n) is 4.16. The summed E-state index contributed by atoms with van der Waals surface area (Å²) in [6.45, 7) is 2.97. The Kier molecular flexibility index (Phi) is 7.07. The largest absolute Gasteiger partial charge is 0.487 e. The van der Waals surface area contributed by atoms with Gasteiger partial charge in [-0.05, 0) is 59.2 Å². The molecular formula is C29H26ClN3O2. The average molecular weight is 484 g/mol. The zero-order valence-electron chi connectivity index (χ0n) is 19.3. The van der Waals surface area contributed by atoms with Gasteiger partial charge < -0.3 is 10.1 Å². The second-order valence-corrected chi connectivity index (χ2v) is 9.03. The summed E-state index contributed by atoms with van der Waals surface area (Å²) in [6.07, 6.45) is 2.15. The van der Waals surface area contributed by atoms with Gasteiger partial charge in [0.25, 0.3) is 0 Å². The van der Waals surface area contributed by atoms with Crippen LogP contribution in [0.5, 0.6) is 5.75 Å². The lowest BCUT2D eigenvalue weighted by atomic mass is 10.0. The number of hydrogen-bond acceptors (Lipinski definition) is 4. The molecule has 6 heteroatoms. The Balaban J connectivity index is 1.32. The van der Waals surface area contributed by atoms with Crippen LogP contribution in [0.25, 0.3) is 22.6 Å². The van der Waals surface area contributed by atoms with E-state index in [1.165, 1.54) is 0 Å². The molecule has 1 saturated heterocycles. The number of carbonyl (C=O) groups is 1. The number of piperazine rings is 1. The maximum absolute atomic E-state index is 11.9. The van der Waals surface area contributed by atoms with E-state index in [9.17, 15) is 4.79 Å². The number of ether oxygens (including phenoxy) is 1. The summed E-state index contributed by atoms with van der Waals surface area (Å²) in [7, 11) is 0. The minimum absolute atomic E-state index is 0.0631. The van der Waals surface area contributed by atoms with Crippen molar-refractivity contribution >= 4 is 40.1 Å². The molecule has 0 aliphatic carbocycles. The molecule has 0 radical (unpaired) electrons. The van der Waals surface area contributed by atoms with Gasteiger partial charge in [-0.2, -0.15) is 0 Å². The second kappa shape index (κ2) is 10.7. The number of rotatable bonds is 7. The Morgan fingerprint density at radius 1 is 1.00 bits per heavy atom. The number of fused-ring (bicyclic) bond motifs is 1. The van der Waals surface area contributed by atoms with Crippen molar-refractivity contribution in [3.05, 3.63) is 107 Å². The maximum Gasteiger partial charge on any atom is 0.234 e. The van der Waals surface area contributed by atoms with E-state index in [4.69, 9.17) is 16.3 Å². The third-order valence-electron chi connectivity index (χ3n) is 5.99. The molecule has 1 N–H and O–H groups in total. The molecule has 176 valence electrons. The zero-order chi connectivity index (χ0) is 24.0. The molecule has 1 fully saturated rings. The van der Waals surface area contributed by atoms with E-state index in [1.54, 1.807) is 0 Å². The van der Waals surface area contributed by atoms with E-state index in [2.05, 4.69) is 45.5 Å². The number of halogens is 1. The number of hydrogen-bond donors (Lipinski definition) is 1. The summed E-state index contributed by atoms with van der Waals surface area (Å²) in [6, 6.07) is 28.0. The van der Waals surface area contributed by atoms with Crippen molar-refractivity contribution in [1.29, 1.82) is 0 Å². The lowest BCUT2D eigenvalue weighted by Crippen LogP contribution is -2.47. The number of benzene rings is 3. The van der Waals surface area contributed by atoms with Gasteiger partial charge in [0, 0.05) is 30.0 Å². The molecule has 35 heavy (non-hydrogen) atoms. The molecule has 0 saturated carbocycles. The van der Waals surface area contributed by atoms with Crippen molar-refractivity contribution in [1.82, 2.24) is 15.2 Å². The van der Waals surface area contributed by atoms with Gasteiger partial charge in [0.2, 0.25) is 5.91 Å². The predicted molar refractivity (Wildman–Crippen MR) is 141 cm³/mol. The van der Waals surface area contributed by atoms with Gasteiger partial charge in [-0.1, -0.05) is 60.1 Å². The highest BCUT2D eigenvalue weighted by Gasteiger charge is 2.18. The topological polar surface area (TPSA) is 54.5 Å². The fourth-order valence-corrected chi connectivity index (χ4v) is 4.28. The van der Waals surface area contributed by atoms with E-state index in [0.29, 0.717) is 31.3 Å². The van der Waals surface area contributed by atoms with Crippen LogP contribution in [0, 0.1) is 0 Å². The monoisotopic (exact) mass is 483 g/mol. The highest BCUT2D eigenvalue weighted by Crippen LogP contribution is 2.24. The Morgan fingerprint density at radius 2 is 1.80 bits per heavy atom.